The van der Waals surface area contributed by atoms with Gasteiger partial charge in [0.1, 0.15) is 0 Å². The van der Waals surface area contributed by atoms with E-state index in [1.807, 2.05) is 0 Å². The molecule has 0 saturated carbocycles. The SMILES string of the molecule is O=S(=O)(N1CCCCC1)N1CCCNCC1. The van der Waals surface area contributed by atoms with Crippen molar-refractivity contribution in [3.63, 3.8) is 0 Å². The highest BCUT2D eigenvalue weighted by Crippen LogP contribution is 2.16. The van der Waals surface area contributed by atoms with Crippen LogP contribution in [0.4, 0.5) is 0 Å². The molecule has 0 aliphatic carbocycles. The maximum Gasteiger partial charge on any atom is 0.282 e. The van der Waals surface area contributed by atoms with Gasteiger partial charge in [0, 0.05) is 32.7 Å². The monoisotopic (exact) mass is 247 g/mol. The van der Waals surface area contributed by atoms with Crippen molar-refractivity contribution in [1.82, 2.24) is 13.9 Å². The molecule has 2 aliphatic heterocycles. The van der Waals surface area contributed by atoms with Gasteiger partial charge in [-0.25, -0.2) is 0 Å². The molecule has 0 aromatic heterocycles. The number of nitrogens with zero attached hydrogens (tertiary/aromatic N) is 2. The summed E-state index contributed by atoms with van der Waals surface area (Å²) in [5.41, 5.74) is 0. The van der Waals surface area contributed by atoms with Crippen molar-refractivity contribution in [3.05, 3.63) is 0 Å². The molecule has 1 N–H and O–H groups in total. The van der Waals surface area contributed by atoms with E-state index in [1.165, 1.54) is 0 Å². The van der Waals surface area contributed by atoms with Gasteiger partial charge in [0.05, 0.1) is 0 Å². The van der Waals surface area contributed by atoms with Crippen LogP contribution in [0, 0.1) is 0 Å². The molecule has 5 nitrogen and oxygen atoms in total. The van der Waals surface area contributed by atoms with E-state index in [4.69, 9.17) is 0 Å². The number of piperidine rings is 1. The molecule has 2 heterocycles. The molecule has 0 unspecified atom stereocenters. The van der Waals surface area contributed by atoms with Crippen molar-refractivity contribution in [2.45, 2.75) is 25.7 Å². The molecule has 16 heavy (non-hydrogen) atoms. The molecule has 0 amide bonds. The lowest BCUT2D eigenvalue weighted by atomic mass is 10.2. The number of nitrogens with one attached hydrogen (secondary N) is 1. The second-order valence-corrected chi connectivity index (χ2v) is 6.40. The first kappa shape index (κ1) is 12.3. The Labute approximate surface area is 98.0 Å². The van der Waals surface area contributed by atoms with E-state index in [1.54, 1.807) is 8.61 Å². The summed E-state index contributed by atoms with van der Waals surface area (Å²) in [5.74, 6) is 0. The van der Waals surface area contributed by atoms with Crippen LogP contribution in [-0.4, -0.2) is 56.3 Å². The topological polar surface area (TPSA) is 52.7 Å². The molecule has 0 atom stereocenters. The maximum atomic E-state index is 12.3. The number of hydrogen-bond acceptors (Lipinski definition) is 3. The summed E-state index contributed by atoms with van der Waals surface area (Å²) in [6, 6.07) is 0. The fourth-order valence-electron chi connectivity index (χ4n) is 2.31. The highest BCUT2D eigenvalue weighted by atomic mass is 32.2. The molecule has 2 aliphatic rings. The average molecular weight is 247 g/mol. The van der Waals surface area contributed by atoms with Crippen LogP contribution in [0.2, 0.25) is 0 Å². The van der Waals surface area contributed by atoms with Crippen molar-refractivity contribution < 1.29 is 8.42 Å². The van der Waals surface area contributed by atoms with E-state index in [0.29, 0.717) is 26.2 Å². The second kappa shape index (κ2) is 5.44. The lowest BCUT2D eigenvalue weighted by Crippen LogP contribution is -2.47. The highest BCUT2D eigenvalue weighted by Gasteiger charge is 2.30. The summed E-state index contributed by atoms with van der Waals surface area (Å²) >= 11 is 0. The minimum Gasteiger partial charge on any atom is -0.315 e. The summed E-state index contributed by atoms with van der Waals surface area (Å²) in [5, 5.41) is 3.23. The zero-order valence-corrected chi connectivity index (χ0v) is 10.5. The van der Waals surface area contributed by atoms with E-state index in [-0.39, 0.29) is 0 Å². The predicted molar refractivity (Wildman–Crippen MR) is 63.4 cm³/mol. The third-order valence-electron chi connectivity index (χ3n) is 3.27. The Morgan fingerprint density at radius 2 is 1.38 bits per heavy atom. The van der Waals surface area contributed by atoms with Crippen molar-refractivity contribution in [3.8, 4) is 0 Å². The van der Waals surface area contributed by atoms with Crippen LogP contribution >= 0.6 is 0 Å². The molecule has 6 heteroatoms. The molecular formula is C10H21N3O2S. The van der Waals surface area contributed by atoms with Gasteiger partial charge in [0.2, 0.25) is 0 Å². The summed E-state index contributed by atoms with van der Waals surface area (Å²) in [6.07, 6.45) is 4.08. The van der Waals surface area contributed by atoms with Gasteiger partial charge >= 0.3 is 0 Å². The molecule has 94 valence electrons. The van der Waals surface area contributed by atoms with E-state index < -0.39 is 10.2 Å². The van der Waals surface area contributed by atoms with E-state index in [0.717, 1.165) is 38.8 Å². The highest BCUT2D eigenvalue weighted by molar-refractivity contribution is 7.86. The fourth-order valence-corrected chi connectivity index (χ4v) is 4.04. The fraction of sp³-hybridized carbons (Fsp3) is 1.00. The molecule has 0 aromatic rings. The third-order valence-corrected chi connectivity index (χ3v) is 5.30. The molecule has 0 radical (unpaired) electrons. The molecular weight excluding hydrogens is 226 g/mol. The molecule has 0 aromatic carbocycles. The largest absolute Gasteiger partial charge is 0.315 e. The normalized spacial score (nSPS) is 26.5. The second-order valence-electron chi connectivity index (χ2n) is 4.47. The van der Waals surface area contributed by atoms with Gasteiger partial charge < -0.3 is 5.32 Å². The standard InChI is InChI=1S/C10H21N3O2S/c14-16(15,12-7-2-1-3-8-12)13-9-4-5-11-6-10-13/h11H,1-10H2. The van der Waals surface area contributed by atoms with Gasteiger partial charge in [-0.15, -0.1) is 0 Å². The Morgan fingerprint density at radius 3 is 2.12 bits per heavy atom. The summed E-state index contributed by atoms with van der Waals surface area (Å²) in [6.45, 7) is 4.36. The van der Waals surface area contributed by atoms with Gasteiger partial charge in [0.15, 0.2) is 0 Å². The lowest BCUT2D eigenvalue weighted by Gasteiger charge is -2.31. The minimum absolute atomic E-state index is 0.610. The van der Waals surface area contributed by atoms with Crippen LogP contribution < -0.4 is 5.32 Å². The van der Waals surface area contributed by atoms with Crippen LogP contribution in [0.3, 0.4) is 0 Å². The minimum atomic E-state index is -3.18. The molecule has 0 bridgehead atoms. The average Bonchev–Trinajstić information content (AvgIpc) is 2.59. The number of hydrogen-bond donors (Lipinski definition) is 1. The quantitative estimate of drug-likeness (QED) is 0.748. The van der Waals surface area contributed by atoms with Crippen LogP contribution in [0.1, 0.15) is 25.7 Å². The van der Waals surface area contributed by atoms with Crippen LogP contribution in [-0.2, 0) is 10.2 Å². The summed E-state index contributed by atoms with van der Waals surface area (Å²) in [4.78, 5) is 0. The first-order valence-corrected chi connectivity index (χ1v) is 7.57. The van der Waals surface area contributed by atoms with Gasteiger partial charge in [-0.05, 0) is 25.8 Å². The van der Waals surface area contributed by atoms with Crippen LogP contribution in [0.5, 0.6) is 0 Å². The molecule has 2 fully saturated rings. The molecule has 0 spiro atoms. The smallest absolute Gasteiger partial charge is 0.282 e. The Bertz CT molecular complexity index is 304. The van der Waals surface area contributed by atoms with Gasteiger partial charge in [-0.1, -0.05) is 6.42 Å². The first-order chi connectivity index (χ1) is 7.71. The zero-order chi connectivity index (χ0) is 11.4. The summed E-state index contributed by atoms with van der Waals surface area (Å²) < 4.78 is 27.9. The zero-order valence-electron chi connectivity index (χ0n) is 9.69. The van der Waals surface area contributed by atoms with Gasteiger partial charge in [0.25, 0.3) is 10.2 Å². The summed E-state index contributed by atoms with van der Waals surface area (Å²) in [7, 11) is -3.18. The third kappa shape index (κ3) is 2.74. The Kier molecular flexibility index (Phi) is 4.18. The van der Waals surface area contributed by atoms with Gasteiger partial charge in [-0.3, -0.25) is 0 Å². The molecule has 2 rings (SSSR count). The lowest BCUT2D eigenvalue weighted by molar-refractivity contribution is 0.307. The van der Waals surface area contributed by atoms with Crippen molar-refractivity contribution in [2.75, 3.05) is 39.3 Å². The first-order valence-electron chi connectivity index (χ1n) is 6.17. The maximum absolute atomic E-state index is 12.3. The van der Waals surface area contributed by atoms with Crippen molar-refractivity contribution in [2.24, 2.45) is 0 Å². The van der Waals surface area contributed by atoms with Gasteiger partial charge in [-0.2, -0.15) is 17.0 Å². The van der Waals surface area contributed by atoms with Crippen molar-refractivity contribution >= 4 is 10.2 Å². The van der Waals surface area contributed by atoms with Crippen LogP contribution in [0.15, 0.2) is 0 Å². The van der Waals surface area contributed by atoms with Crippen molar-refractivity contribution in [1.29, 1.82) is 0 Å². The predicted octanol–water partition coefficient (Wildman–Crippen LogP) is 0.0124. The van der Waals surface area contributed by atoms with E-state index in [9.17, 15) is 8.42 Å². The van der Waals surface area contributed by atoms with E-state index >= 15 is 0 Å². The van der Waals surface area contributed by atoms with Crippen LogP contribution in [0.25, 0.3) is 0 Å². The number of rotatable bonds is 2. The Morgan fingerprint density at radius 1 is 0.750 bits per heavy atom. The Balaban J connectivity index is 2.03. The Hall–Kier alpha value is -0.170. The molecule has 2 saturated heterocycles. The van der Waals surface area contributed by atoms with E-state index in [2.05, 4.69) is 5.32 Å².